The summed E-state index contributed by atoms with van der Waals surface area (Å²) in [5.74, 6) is -1.47. The average molecular weight is 396 g/mol. The molecule has 0 aliphatic carbocycles. The molecule has 0 saturated heterocycles. The molecule has 2 aromatic carbocycles. The Balaban J connectivity index is 1.67. The van der Waals surface area contributed by atoms with E-state index in [0.29, 0.717) is 13.0 Å². The highest BCUT2D eigenvalue weighted by atomic mass is 16.5. The van der Waals surface area contributed by atoms with Crippen molar-refractivity contribution in [1.29, 1.82) is 0 Å². The smallest absolute Gasteiger partial charge is 0.326 e. The third-order valence-electron chi connectivity index (χ3n) is 4.39. The molecule has 1 aliphatic rings. The summed E-state index contributed by atoms with van der Waals surface area (Å²) in [7, 11) is 1.54. The maximum absolute atomic E-state index is 12.5. The number of fused-ring (bicyclic) bond motifs is 1. The normalized spacial score (nSPS) is 12.7. The minimum Gasteiger partial charge on any atom is -0.398 e. The summed E-state index contributed by atoms with van der Waals surface area (Å²) in [6.45, 7) is 0.677. The molecular weight excluding hydrogens is 376 g/mol. The van der Waals surface area contributed by atoms with Gasteiger partial charge in [-0.15, -0.1) is 0 Å². The molecule has 0 bridgehead atoms. The number of nitrogens with two attached hydrogens (primary N) is 1. The fourth-order valence-electron chi connectivity index (χ4n) is 2.98. The fraction of sp³-hybridized carbons (Fsp3) is 0.200. The number of carbonyl (C=O) groups excluding carboxylic acids is 4. The third kappa shape index (κ3) is 4.25. The number of para-hydroxylation sites is 1. The highest BCUT2D eigenvalue weighted by Gasteiger charge is 2.35. The Hall–Kier alpha value is -3.72. The van der Waals surface area contributed by atoms with Crippen molar-refractivity contribution in [3.8, 4) is 0 Å². The maximum atomic E-state index is 12.5. The van der Waals surface area contributed by atoms with Crippen LogP contribution in [0.3, 0.4) is 0 Å². The van der Waals surface area contributed by atoms with E-state index in [2.05, 4.69) is 10.6 Å². The molecule has 1 aliphatic heterocycles. The Kier molecular flexibility index (Phi) is 5.89. The number of rotatable bonds is 6. The zero-order chi connectivity index (χ0) is 21.0. The molecule has 4 N–H and O–H groups in total. The molecule has 0 saturated carbocycles. The van der Waals surface area contributed by atoms with Gasteiger partial charge in [-0.1, -0.05) is 12.1 Å². The molecule has 0 fully saturated rings. The Bertz CT molecular complexity index is 989. The maximum Gasteiger partial charge on any atom is 0.326 e. The van der Waals surface area contributed by atoms with Crippen LogP contribution in [0.5, 0.6) is 0 Å². The van der Waals surface area contributed by atoms with Crippen LogP contribution in [0, 0.1) is 0 Å². The Morgan fingerprint density at radius 3 is 2.52 bits per heavy atom. The van der Waals surface area contributed by atoms with Crippen molar-refractivity contribution in [3.63, 3.8) is 0 Å². The second-order valence-electron chi connectivity index (χ2n) is 6.36. The topological polar surface area (TPSA) is 131 Å². The molecule has 3 rings (SSSR count). The Labute approximate surface area is 166 Å². The molecule has 0 spiro atoms. The first-order chi connectivity index (χ1) is 13.9. The first-order valence-corrected chi connectivity index (χ1v) is 8.88. The van der Waals surface area contributed by atoms with Gasteiger partial charge in [0.15, 0.2) is 0 Å². The van der Waals surface area contributed by atoms with E-state index in [-0.39, 0.29) is 40.5 Å². The van der Waals surface area contributed by atoms with E-state index in [1.54, 1.807) is 25.3 Å². The molecule has 0 radical (unpaired) electrons. The molecule has 9 nitrogen and oxygen atoms in total. The molecule has 0 atom stereocenters. The number of nitrogens with one attached hydrogen (secondary N) is 2. The number of nitrogen functional groups attached to an aromatic ring is 1. The predicted octanol–water partition coefficient (Wildman–Crippen LogP) is 1.86. The number of hydrogen-bond acceptors (Lipinski definition) is 6. The number of benzene rings is 2. The highest BCUT2D eigenvalue weighted by Crippen LogP contribution is 2.26. The predicted molar refractivity (Wildman–Crippen MR) is 106 cm³/mol. The van der Waals surface area contributed by atoms with Gasteiger partial charge < -0.3 is 15.8 Å². The van der Waals surface area contributed by atoms with E-state index >= 15 is 0 Å². The first kappa shape index (κ1) is 20.0. The van der Waals surface area contributed by atoms with E-state index in [9.17, 15) is 19.2 Å². The summed E-state index contributed by atoms with van der Waals surface area (Å²) in [4.78, 5) is 50.3. The van der Waals surface area contributed by atoms with Crippen LogP contribution in [-0.2, 0) is 4.74 Å². The summed E-state index contributed by atoms with van der Waals surface area (Å²) < 4.78 is 4.94. The number of anilines is 2. The van der Waals surface area contributed by atoms with Gasteiger partial charge in [-0.25, -0.2) is 4.79 Å². The standard InChI is InChI=1S/C20H20N4O5/c1-29-10-4-9-24-18(26)13-8-7-12(11-15(13)19(24)27)22-20(28)23-17(25)14-5-2-3-6-16(14)21/h2-3,5-8,11H,4,9-10,21H2,1H3,(H2,22,23,25,28). The van der Waals surface area contributed by atoms with Crippen molar-refractivity contribution >= 4 is 35.1 Å². The monoisotopic (exact) mass is 396 g/mol. The molecule has 2 aromatic rings. The second-order valence-corrected chi connectivity index (χ2v) is 6.36. The van der Waals surface area contributed by atoms with Crippen LogP contribution in [0.2, 0.25) is 0 Å². The molecule has 1 heterocycles. The number of urea groups is 1. The number of hydrogen-bond donors (Lipinski definition) is 3. The van der Waals surface area contributed by atoms with Crippen molar-refractivity contribution < 1.29 is 23.9 Å². The number of amides is 5. The first-order valence-electron chi connectivity index (χ1n) is 8.88. The van der Waals surface area contributed by atoms with E-state index in [0.717, 1.165) is 4.90 Å². The summed E-state index contributed by atoms with van der Waals surface area (Å²) >= 11 is 0. The molecular formula is C20H20N4O5. The Morgan fingerprint density at radius 2 is 1.79 bits per heavy atom. The molecule has 9 heteroatoms. The third-order valence-corrected chi connectivity index (χ3v) is 4.39. The lowest BCUT2D eigenvalue weighted by molar-refractivity contribution is 0.0638. The Morgan fingerprint density at radius 1 is 1.07 bits per heavy atom. The highest BCUT2D eigenvalue weighted by molar-refractivity contribution is 6.22. The SMILES string of the molecule is COCCCN1C(=O)c2ccc(NC(=O)NC(=O)c3ccccc3N)cc2C1=O. The van der Waals surface area contributed by atoms with Crippen LogP contribution in [-0.4, -0.2) is 48.9 Å². The lowest BCUT2D eigenvalue weighted by Gasteiger charge is -2.12. The van der Waals surface area contributed by atoms with E-state index < -0.39 is 17.8 Å². The van der Waals surface area contributed by atoms with E-state index in [1.165, 1.54) is 24.3 Å². The molecule has 0 unspecified atom stereocenters. The van der Waals surface area contributed by atoms with Crippen LogP contribution >= 0.6 is 0 Å². The van der Waals surface area contributed by atoms with Crippen molar-refractivity contribution in [3.05, 3.63) is 59.2 Å². The molecule has 0 aromatic heterocycles. The number of carbonyl (C=O) groups is 4. The second kappa shape index (κ2) is 8.53. The van der Waals surface area contributed by atoms with Gasteiger partial charge in [0.2, 0.25) is 0 Å². The van der Waals surface area contributed by atoms with Gasteiger partial charge in [0.25, 0.3) is 17.7 Å². The lowest BCUT2D eigenvalue weighted by atomic mass is 10.1. The van der Waals surface area contributed by atoms with E-state index in [4.69, 9.17) is 10.5 Å². The zero-order valence-electron chi connectivity index (χ0n) is 15.7. The summed E-state index contributed by atoms with van der Waals surface area (Å²) in [6, 6.07) is 9.93. The quantitative estimate of drug-likeness (QED) is 0.388. The minimum atomic E-state index is -0.785. The van der Waals surface area contributed by atoms with Crippen LogP contribution in [0.25, 0.3) is 0 Å². The van der Waals surface area contributed by atoms with Crippen LogP contribution in [0.1, 0.15) is 37.5 Å². The van der Waals surface area contributed by atoms with Gasteiger partial charge >= 0.3 is 6.03 Å². The number of imide groups is 2. The molecule has 150 valence electrons. The molecule has 5 amide bonds. The van der Waals surface area contributed by atoms with Gasteiger partial charge in [-0.05, 0) is 36.8 Å². The van der Waals surface area contributed by atoms with Gasteiger partial charge in [0.1, 0.15) is 0 Å². The lowest BCUT2D eigenvalue weighted by Crippen LogP contribution is -2.34. The zero-order valence-corrected chi connectivity index (χ0v) is 15.7. The van der Waals surface area contributed by atoms with Gasteiger partial charge in [0, 0.05) is 31.6 Å². The fourth-order valence-corrected chi connectivity index (χ4v) is 2.98. The largest absolute Gasteiger partial charge is 0.398 e. The van der Waals surface area contributed by atoms with Crippen molar-refractivity contribution in [2.24, 2.45) is 0 Å². The van der Waals surface area contributed by atoms with Gasteiger partial charge in [-0.2, -0.15) is 0 Å². The number of nitrogens with zero attached hydrogens (tertiary/aromatic N) is 1. The van der Waals surface area contributed by atoms with Gasteiger partial charge in [-0.3, -0.25) is 24.6 Å². The molecule has 29 heavy (non-hydrogen) atoms. The minimum absolute atomic E-state index is 0.170. The summed E-state index contributed by atoms with van der Waals surface area (Å²) in [5.41, 5.74) is 6.88. The summed E-state index contributed by atoms with van der Waals surface area (Å²) in [6.07, 6.45) is 0.528. The summed E-state index contributed by atoms with van der Waals surface area (Å²) in [5, 5.41) is 4.65. The van der Waals surface area contributed by atoms with Crippen LogP contribution in [0.4, 0.5) is 16.2 Å². The van der Waals surface area contributed by atoms with Crippen LogP contribution < -0.4 is 16.4 Å². The number of methoxy groups -OCH3 is 1. The number of ether oxygens (including phenoxy) is 1. The van der Waals surface area contributed by atoms with Crippen molar-refractivity contribution in [2.45, 2.75) is 6.42 Å². The average Bonchev–Trinajstić information content (AvgIpc) is 2.92. The van der Waals surface area contributed by atoms with Crippen molar-refractivity contribution in [1.82, 2.24) is 10.2 Å². The van der Waals surface area contributed by atoms with Gasteiger partial charge in [0.05, 0.1) is 16.7 Å². The van der Waals surface area contributed by atoms with Crippen LogP contribution in [0.15, 0.2) is 42.5 Å². The van der Waals surface area contributed by atoms with E-state index in [1.807, 2.05) is 0 Å². The van der Waals surface area contributed by atoms with Crippen molar-refractivity contribution in [2.75, 3.05) is 31.3 Å².